The molecule has 2 N–H and O–H groups in total. The van der Waals surface area contributed by atoms with E-state index in [1.165, 1.54) is 13.0 Å². The van der Waals surface area contributed by atoms with Gasteiger partial charge in [0.15, 0.2) is 5.65 Å². The molecular formula is C14H23N7. The van der Waals surface area contributed by atoms with Crippen LogP contribution in [0, 0.1) is 5.92 Å². The van der Waals surface area contributed by atoms with Gasteiger partial charge in [0, 0.05) is 26.7 Å². The van der Waals surface area contributed by atoms with Gasteiger partial charge >= 0.3 is 0 Å². The topological polar surface area (TPSA) is 73.0 Å². The van der Waals surface area contributed by atoms with E-state index in [0.29, 0.717) is 11.9 Å². The van der Waals surface area contributed by atoms with Crippen molar-refractivity contribution in [2.75, 3.05) is 50.5 Å². The van der Waals surface area contributed by atoms with Gasteiger partial charge in [-0.2, -0.15) is 15.1 Å². The molecule has 2 aromatic heterocycles. The van der Waals surface area contributed by atoms with Crippen LogP contribution < -0.4 is 10.2 Å². The molecule has 0 amide bonds. The van der Waals surface area contributed by atoms with Gasteiger partial charge in [-0.15, -0.1) is 0 Å². The van der Waals surface area contributed by atoms with Gasteiger partial charge in [-0.1, -0.05) is 0 Å². The zero-order valence-electron chi connectivity index (χ0n) is 12.9. The molecule has 0 radical (unpaired) electrons. The lowest BCUT2D eigenvalue weighted by atomic mass is 10.1. The Bertz CT molecular complexity index is 608. The van der Waals surface area contributed by atoms with Crippen LogP contribution in [0.25, 0.3) is 11.0 Å². The second-order valence-corrected chi connectivity index (χ2v) is 5.83. The minimum Gasteiger partial charge on any atom is -0.359 e. The number of fused-ring (bicyclic) bond motifs is 1. The minimum absolute atomic E-state index is 0.652. The van der Waals surface area contributed by atoms with Gasteiger partial charge in [-0.3, -0.25) is 5.10 Å². The second kappa shape index (κ2) is 5.85. The van der Waals surface area contributed by atoms with Gasteiger partial charge in [0.25, 0.3) is 0 Å². The van der Waals surface area contributed by atoms with E-state index in [1.54, 1.807) is 6.20 Å². The van der Waals surface area contributed by atoms with Gasteiger partial charge in [0.1, 0.15) is 5.82 Å². The first-order valence-electron chi connectivity index (χ1n) is 7.52. The molecule has 1 aliphatic heterocycles. The minimum atomic E-state index is 0.652. The summed E-state index contributed by atoms with van der Waals surface area (Å²) in [6.45, 7) is 6.19. The largest absolute Gasteiger partial charge is 0.359 e. The molecule has 7 heteroatoms. The van der Waals surface area contributed by atoms with E-state index in [1.807, 2.05) is 6.92 Å². The highest BCUT2D eigenvalue weighted by Crippen LogP contribution is 2.25. The normalized spacial score (nSPS) is 19.3. The predicted octanol–water partition coefficient (Wildman–Crippen LogP) is 1.17. The van der Waals surface area contributed by atoms with E-state index in [-0.39, 0.29) is 0 Å². The summed E-state index contributed by atoms with van der Waals surface area (Å²) in [6, 6.07) is 0. The van der Waals surface area contributed by atoms with Crippen molar-refractivity contribution in [2.45, 2.75) is 13.3 Å². The molecule has 1 atom stereocenters. The van der Waals surface area contributed by atoms with E-state index in [9.17, 15) is 0 Å². The van der Waals surface area contributed by atoms with Crippen LogP contribution in [-0.4, -0.2) is 65.3 Å². The van der Waals surface area contributed by atoms with Crippen LogP contribution in [0.2, 0.25) is 0 Å². The summed E-state index contributed by atoms with van der Waals surface area (Å²) in [5.41, 5.74) is 0.784. The Balaban J connectivity index is 1.85. The van der Waals surface area contributed by atoms with Gasteiger partial charge in [0.2, 0.25) is 5.95 Å². The molecule has 1 saturated heterocycles. The molecule has 1 unspecified atom stereocenters. The van der Waals surface area contributed by atoms with Crippen LogP contribution in [0.4, 0.5) is 11.8 Å². The fraction of sp³-hybridized carbons (Fsp3) is 0.643. The maximum absolute atomic E-state index is 4.65. The number of rotatable bonds is 5. The van der Waals surface area contributed by atoms with Crippen molar-refractivity contribution >= 4 is 22.8 Å². The lowest BCUT2D eigenvalue weighted by Gasteiger charge is -2.23. The van der Waals surface area contributed by atoms with Crippen molar-refractivity contribution in [1.29, 1.82) is 0 Å². The highest BCUT2D eigenvalue weighted by molar-refractivity contribution is 5.87. The Morgan fingerprint density at radius 3 is 3.05 bits per heavy atom. The zero-order valence-corrected chi connectivity index (χ0v) is 12.9. The van der Waals surface area contributed by atoms with E-state index in [2.05, 4.69) is 49.4 Å². The second-order valence-electron chi connectivity index (χ2n) is 5.83. The zero-order chi connectivity index (χ0) is 14.8. The van der Waals surface area contributed by atoms with Gasteiger partial charge in [0.05, 0.1) is 11.6 Å². The predicted molar refractivity (Wildman–Crippen MR) is 84.7 cm³/mol. The van der Waals surface area contributed by atoms with Crippen molar-refractivity contribution in [3.05, 3.63) is 6.20 Å². The van der Waals surface area contributed by atoms with Crippen molar-refractivity contribution in [2.24, 2.45) is 5.92 Å². The summed E-state index contributed by atoms with van der Waals surface area (Å²) >= 11 is 0. The number of hydrogen-bond acceptors (Lipinski definition) is 6. The van der Waals surface area contributed by atoms with E-state index >= 15 is 0 Å². The third-order valence-electron chi connectivity index (χ3n) is 4.01. The molecule has 3 heterocycles. The molecular weight excluding hydrogens is 266 g/mol. The molecule has 1 fully saturated rings. The molecule has 7 nitrogen and oxygen atoms in total. The fourth-order valence-corrected chi connectivity index (χ4v) is 3.00. The summed E-state index contributed by atoms with van der Waals surface area (Å²) in [7, 11) is 4.28. The third kappa shape index (κ3) is 2.92. The van der Waals surface area contributed by atoms with Crippen LogP contribution >= 0.6 is 0 Å². The van der Waals surface area contributed by atoms with Crippen LogP contribution in [0.1, 0.15) is 13.3 Å². The lowest BCUT2D eigenvalue weighted by Crippen LogP contribution is -2.28. The van der Waals surface area contributed by atoms with Crippen molar-refractivity contribution < 1.29 is 0 Å². The summed E-state index contributed by atoms with van der Waals surface area (Å²) in [5, 5.41) is 11.2. The Labute approximate surface area is 124 Å². The van der Waals surface area contributed by atoms with Gasteiger partial charge in [-0.05, 0) is 32.9 Å². The van der Waals surface area contributed by atoms with Crippen LogP contribution in [0.15, 0.2) is 6.20 Å². The van der Waals surface area contributed by atoms with Crippen molar-refractivity contribution in [3.8, 4) is 0 Å². The summed E-state index contributed by atoms with van der Waals surface area (Å²) in [5.74, 6) is 2.29. The average molecular weight is 289 g/mol. The SMILES string of the molecule is CCNc1nc(N(C)CC2CCN(C)C2)c2cn[nH]c2n1. The van der Waals surface area contributed by atoms with Crippen molar-refractivity contribution in [1.82, 2.24) is 25.1 Å². The van der Waals surface area contributed by atoms with Crippen LogP contribution in [-0.2, 0) is 0 Å². The number of H-pyrrole nitrogens is 1. The lowest BCUT2D eigenvalue weighted by molar-refractivity contribution is 0.396. The van der Waals surface area contributed by atoms with Crippen molar-refractivity contribution in [3.63, 3.8) is 0 Å². The van der Waals surface area contributed by atoms with E-state index < -0.39 is 0 Å². The monoisotopic (exact) mass is 289 g/mol. The smallest absolute Gasteiger partial charge is 0.226 e. The maximum atomic E-state index is 4.65. The highest BCUT2D eigenvalue weighted by Gasteiger charge is 2.22. The molecule has 0 aliphatic carbocycles. The number of hydrogen-bond donors (Lipinski definition) is 2. The molecule has 114 valence electrons. The number of likely N-dealkylation sites (tertiary alicyclic amines) is 1. The molecule has 3 rings (SSSR count). The maximum Gasteiger partial charge on any atom is 0.226 e. The number of nitrogens with one attached hydrogen (secondary N) is 2. The summed E-state index contributed by atoms with van der Waals surface area (Å²) < 4.78 is 0. The molecule has 2 aromatic rings. The molecule has 0 bridgehead atoms. The van der Waals surface area contributed by atoms with Gasteiger partial charge < -0.3 is 15.1 Å². The fourth-order valence-electron chi connectivity index (χ4n) is 3.00. The number of aromatic amines is 1. The van der Waals surface area contributed by atoms with Gasteiger partial charge in [-0.25, -0.2) is 0 Å². The highest BCUT2D eigenvalue weighted by atomic mass is 15.3. The number of nitrogens with zero attached hydrogens (tertiary/aromatic N) is 5. The molecule has 0 saturated carbocycles. The molecule has 0 aromatic carbocycles. The Morgan fingerprint density at radius 1 is 1.48 bits per heavy atom. The summed E-state index contributed by atoms with van der Waals surface area (Å²) in [4.78, 5) is 13.7. The Hall–Kier alpha value is -1.89. The molecule has 21 heavy (non-hydrogen) atoms. The third-order valence-corrected chi connectivity index (χ3v) is 4.01. The standard InChI is InChI=1S/C14H23N7/c1-4-15-14-17-12-11(7-16-19-12)13(18-14)21(3)9-10-5-6-20(2)8-10/h7,10H,4-6,8-9H2,1-3H3,(H2,15,16,17,18,19). The van der Waals surface area contributed by atoms with E-state index in [4.69, 9.17) is 0 Å². The first-order valence-corrected chi connectivity index (χ1v) is 7.52. The molecule has 1 aliphatic rings. The first kappa shape index (κ1) is 14.1. The van der Waals surface area contributed by atoms with Crippen LogP contribution in [0.3, 0.4) is 0 Å². The van der Waals surface area contributed by atoms with Crippen LogP contribution in [0.5, 0.6) is 0 Å². The number of anilines is 2. The van der Waals surface area contributed by atoms with E-state index in [0.717, 1.165) is 36.5 Å². The Morgan fingerprint density at radius 2 is 2.33 bits per heavy atom. The summed E-state index contributed by atoms with van der Waals surface area (Å²) in [6.07, 6.45) is 3.05. The molecule has 0 spiro atoms. The average Bonchev–Trinajstić information content (AvgIpc) is 3.07. The number of aromatic nitrogens is 4. The quantitative estimate of drug-likeness (QED) is 0.861. The Kier molecular flexibility index (Phi) is 3.92. The first-order chi connectivity index (χ1) is 10.2.